The minimum Gasteiger partial charge on any atom is -0.355 e. The van der Waals surface area contributed by atoms with E-state index in [4.69, 9.17) is 0 Å². The van der Waals surface area contributed by atoms with E-state index in [0.717, 1.165) is 26.6 Å². The molecule has 0 aromatic heterocycles. The standard InChI is InChI=1S/C29H35N3O4S/c1-6-30-29(34)24(5)31(19-25-11-7-9-22(3)17-25)28(33)20-32(26-12-8-10-23(4)18-26)37(35,36)27-15-13-21(2)14-16-27/h7-18,24H,6,19-20H2,1-5H3,(H,30,34)/t24-/m0/s1. The van der Waals surface area contributed by atoms with Crippen LogP contribution in [0, 0.1) is 20.8 Å². The fraction of sp³-hybridized carbons (Fsp3) is 0.310. The normalized spacial score (nSPS) is 12.0. The van der Waals surface area contributed by atoms with E-state index >= 15 is 0 Å². The number of carbonyl (C=O) groups is 2. The molecule has 37 heavy (non-hydrogen) atoms. The van der Waals surface area contributed by atoms with Crippen LogP contribution in [0.1, 0.15) is 36.1 Å². The van der Waals surface area contributed by atoms with Gasteiger partial charge in [0.25, 0.3) is 10.0 Å². The summed E-state index contributed by atoms with van der Waals surface area (Å²) in [6.07, 6.45) is 0. The van der Waals surface area contributed by atoms with Crippen molar-refractivity contribution in [2.45, 2.75) is 52.1 Å². The summed E-state index contributed by atoms with van der Waals surface area (Å²) in [5.41, 5.74) is 4.06. The molecule has 8 heteroatoms. The molecule has 0 radical (unpaired) electrons. The molecule has 7 nitrogen and oxygen atoms in total. The van der Waals surface area contributed by atoms with E-state index < -0.39 is 28.5 Å². The zero-order valence-corrected chi connectivity index (χ0v) is 22.9. The molecule has 1 atom stereocenters. The zero-order valence-electron chi connectivity index (χ0n) is 22.1. The van der Waals surface area contributed by atoms with Gasteiger partial charge in [0.15, 0.2) is 0 Å². The van der Waals surface area contributed by atoms with Crippen molar-refractivity contribution in [3.8, 4) is 0 Å². The van der Waals surface area contributed by atoms with Crippen LogP contribution in [0.15, 0.2) is 77.7 Å². The summed E-state index contributed by atoms with van der Waals surface area (Å²) in [6, 6.07) is 20.5. The number of anilines is 1. The van der Waals surface area contributed by atoms with Crippen molar-refractivity contribution in [2.75, 3.05) is 17.4 Å². The fourth-order valence-electron chi connectivity index (χ4n) is 4.06. The maximum absolute atomic E-state index is 13.8. The fourth-order valence-corrected chi connectivity index (χ4v) is 5.47. The largest absolute Gasteiger partial charge is 0.355 e. The van der Waals surface area contributed by atoms with Gasteiger partial charge in [0.05, 0.1) is 10.6 Å². The Kier molecular flexibility index (Phi) is 9.10. The van der Waals surface area contributed by atoms with E-state index in [2.05, 4.69) is 5.32 Å². The molecule has 0 heterocycles. The van der Waals surface area contributed by atoms with Crippen LogP contribution in [0.4, 0.5) is 5.69 Å². The van der Waals surface area contributed by atoms with Crippen LogP contribution in [0.25, 0.3) is 0 Å². The third kappa shape index (κ3) is 6.98. The van der Waals surface area contributed by atoms with Crippen molar-refractivity contribution < 1.29 is 18.0 Å². The molecule has 3 rings (SSSR count). The zero-order chi connectivity index (χ0) is 27.2. The molecule has 2 amide bonds. The van der Waals surface area contributed by atoms with E-state index in [-0.39, 0.29) is 17.3 Å². The van der Waals surface area contributed by atoms with Crippen molar-refractivity contribution in [3.63, 3.8) is 0 Å². The predicted molar refractivity (Wildman–Crippen MR) is 147 cm³/mol. The van der Waals surface area contributed by atoms with Gasteiger partial charge in [-0.15, -0.1) is 0 Å². The minimum atomic E-state index is -4.07. The number of aryl methyl sites for hydroxylation is 3. The Morgan fingerprint density at radius 3 is 2.08 bits per heavy atom. The number of sulfonamides is 1. The summed E-state index contributed by atoms with van der Waals surface area (Å²) in [5, 5.41) is 2.77. The topological polar surface area (TPSA) is 86.8 Å². The Hall–Kier alpha value is -3.65. The molecule has 0 aliphatic heterocycles. The number of rotatable bonds is 10. The Morgan fingerprint density at radius 1 is 0.865 bits per heavy atom. The highest BCUT2D eigenvalue weighted by Gasteiger charge is 2.32. The first-order valence-corrected chi connectivity index (χ1v) is 13.8. The number of amides is 2. The summed E-state index contributed by atoms with van der Waals surface area (Å²) in [7, 11) is -4.07. The highest BCUT2D eigenvalue weighted by molar-refractivity contribution is 7.92. The summed E-state index contributed by atoms with van der Waals surface area (Å²) < 4.78 is 28.7. The van der Waals surface area contributed by atoms with E-state index in [1.807, 2.05) is 58.0 Å². The molecule has 196 valence electrons. The smallest absolute Gasteiger partial charge is 0.264 e. The van der Waals surface area contributed by atoms with Crippen LogP contribution in [0.2, 0.25) is 0 Å². The molecule has 0 fully saturated rings. The molecule has 1 N–H and O–H groups in total. The molecule has 0 spiro atoms. The van der Waals surface area contributed by atoms with Crippen LogP contribution in [-0.4, -0.2) is 44.3 Å². The monoisotopic (exact) mass is 521 g/mol. The molecule has 0 saturated heterocycles. The number of carbonyl (C=O) groups excluding carboxylic acids is 2. The Labute approximate surface area is 220 Å². The molecule has 0 unspecified atom stereocenters. The quantitative estimate of drug-likeness (QED) is 0.430. The Morgan fingerprint density at radius 2 is 1.49 bits per heavy atom. The second-order valence-electron chi connectivity index (χ2n) is 9.24. The lowest BCUT2D eigenvalue weighted by Crippen LogP contribution is -2.51. The summed E-state index contributed by atoms with van der Waals surface area (Å²) >= 11 is 0. The van der Waals surface area contributed by atoms with E-state index in [1.54, 1.807) is 49.4 Å². The molecule has 0 aliphatic carbocycles. The first-order chi connectivity index (χ1) is 17.5. The highest BCUT2D eigenvalue weighted by atomic mass is 32.2. The number of hydrogen-bond donors (Lipinski definition) is 1. The maximum atomic E-state index is 13.8. The molecular formula is C29H35N3O4S. The first kappa shape index (κ1) is 27.9. The minimum absolute atomic E-state index is 0.0921. The van der Waals surface area contributed by atoms with Gasteiger partial charge in [-0.25, -0.2) is 8.42 Å². The third-order valence-electron chi connectivity index (χ3n) is 6.13. The van der Waals surface area contributed by atoms with E-state index in [9.17, 15) is 18.0 Å². The number of nitrogens with zero attached hydrogens (tertiary/aromatic N) is 2. The van der Waals surface area contributed by atoms with Crippen molar-refractivity contribution in [1.82, 2.24) is 10.2 Å². The molecule has 0 saturated carbocycles. The molecule has 3 aromatic carbocycles. The van der Waals surface area contributed by atoms with Crippen molar-refractivity contribution in [2.24, 2.45) is 0 Å². The van der Waals surface area contributed by atoms with Gasteiger partial charge in [0.2, 0.25) is 11.8 Å². The van der Waals surface area contributed by atoms with E-state index in [0.29, 0.717) is 12.2 Å². The van der Waals surface area contributed by atoms with Crippen LogP contribution < -0.4 is 9.62 Å². The number of benzene rings is 3. The lowest BCUT2D eigenvalue weighted by molar-refractivity contribution is -0.139. The summed E-state index contributed by atoms with van der Waals surface area (Å²) in [5.74, 6) is -0.774. The lowest BCUT2D eigenvalue weighted by Gasteiger charge is -2.32. The molecule has 0 aliphatic rings. The van der Waals surface area contributed by atoms with Gasteiger partial charge in [-0.3, -0.25) is 13.9 Å². The SMILES string of the molecule is CCNC(=O)[C@H](C)N(Cc1cccc(C)c1)C(=O)CN(c1cccc(C)c1)S(=O)(=O)c1ccc(C)cc1. The number of nitrogens with one attached hydrogen (secondary N) is 1. The van der Waals surface area contributed by atoms with Crippen molar-refractivity contribution >= 4 is 27.5 Å². The molecular weight excluding hydrogens is 486 g/mol. The van der Waals surface area contributed by atoms with Gasteiger partial charge in [0.1, 0.15) is 12.6 Å². The van der Waals surface area contributed by atoms with Crippen LogP contribution >= 0.6 is 0 Å². The highest BCUT2D eigenvalue weighted by Crippen LogP contribution is 2.25. The van der Waals surface area contributed by atoms with Crippen molar-refractivity contribution in [3.05, 3.63) is 95.1 Å². The number of hydrogen-bond acceptors (Lipinski definition) is 4. The van der Waals surface area contributed by atoms with E-state index in [1.165, 1.54) is 4.90 Å². The summed E-state index contributed by atoms with van der Waals surface area (Å²) in [4.78, 5) is 28.1. The van der Waals surface area contributed by atoms with Gasteiger partial charge >= 0.3 is 0 Å². The van der Waals surface area contributed by atoms with Gasteiger partial charge in [-0.2, -0.15) is 0 Å². The van der Waals surface area contributed by atoms with Crippen molar-refractivity contribution in [1.29, 1.82) is 0 Å². The summed E-state index contributed by atoms with van der Waals surface area (Å²) in [6.45, 7) is 9.31. The van der Waals surface area contributed by atoms with Gasteiger partial charge < -0.3 is 10.2 Å². The second-order valence-corrected chi connectivity index (χ2v) is 11.1. The van der Waals surface area contributed by atoms with Crippen LogP contribution in [-0.2, 0) is 26.2 Å². The predicted octanol–water partition coefficient (Wildman–Crippen LogP) is 4.36. The number of likely N-dealkylation sites (N-methyl/N-ethyl adjacent to an activating group) is 1. The van der Waals surface area contributed by atoms with Gasteiger partial charge in [-0.05, 0) is 70.0 Å². The first-order valence-electron chi connectivity index (χ1n) is 12.3. The van der Waals surface area contributed by atoms with Gasteiger partial charge in [-0.1, -0.05) is 59.7 Å². The average Bonchev–Trinajstić information content (AvgIpc) is 2.85. The van der Waals surface area contributed by atoms with Crippen LogP contribution in [0.5, 0.6) is 0 Å². The lowest BCUT2D eigenvalue weighted by atomic mass is 10.1. The van der Waals surface area contributed by atoms with Gasteiger partial charge in [0, 0.05) is 13.1 Å². The molecule has 3 aromatic rings. The maximum Gasteiger partial charge on any atom is 0.264 e. The van der Waals surface area contributed by atoms with Crippen LogP contribution in [0.3, 0.4) is 0 Å². The third-order valence-corrected chi connectivity index (χ3v) is 7.92. The Bertz CT molecular complexity index is 1350. The molecule has 0 bridgehead atoms. The second kappa shape index (κ2) is 12.1. The average molecular weight is 522 g/mol. The Balaban J connectivity index is 2.03.